The van der Waals surface area contributed by atoms with Crippen molar-refractivity contribution < 1.29 is 0 Å². The smallest absolute Gasteiger partial charge is 0.0416 e. The van der Waals surface area contributed by atoms with Crippen LogP contribution in [0.1, 0.15) is 16.8 Å². The van der Waals surface area contributed by atoms with Crippen molar-refractivity contribution in [3.8, 4) is 0 Å². The van der Waals surface area contributed by atoms with E-state index in [9.17, 15) is 0 Å². The second-order valence-corrected chi connectivity index (χ2v) is 5.37. The molecule has 2 nitrogen and oxygen atoms in total. The van der Waals surface area contributed by atoms with Crippen molar-refractivity contribution in [1.82, 2.24) is 4.98 Å². The topological polar surface area (TPSA) is 24.9 Å². The van der Waals surface area contributed by atoms with Gasteiger partial charge in [0.1, 0.15) is 0 Å². The van der Waals surface area contributed by atoms with Gasteiger partial charge in [-0.3, -0.25) is 4.98 Å². The fraction of sp³-hybridized carbons (Fsp3) is 0.214. The molecule has 0 spiro atoms. The van der Waals surface area contributed by atoms with Crippen molar-refractivity contribution >= 4 is 28.3 Å². The molecule has 0 saturated carbocycles. The summed E-state index contributed by atoms with van der Waals surface area (Å²) >= 11 is 2.33. The molecule has 0 aliphatic heterocycles. The van der Waals surface area contributed by atoms with Gasteiger partial charge in [-0.2, -0.15) is 0 Å². The molecular weight excluding hydrogens is 323 g/mol. The Morgan fingerprint density at radius 1 is 1.18 bits per heavy atom. The highest BCUT2D eigenvalue weighted by molar-refractivity contribution is 14.1. The Balaban J connectivity index is 2.07. The van der Waals surface area contributed by atoms with E-state index in [4.69, 9.17) is 0 Å². The van der Waals surface area contributed by atoms with Gasteiger partial charge in [0, 0.05) is 27.7 Å². The molecule has 1 heterocycles. The van der Waals surface area contributed by atoms with E-state index >= 15 is 0 Å². The lowest BCUT2D eigenvalue weighted by Crippen LogP contribution is -2.01. The van der Waals surface area contributed by atoms with Crippen LogP contribution in [0.5, 0.6) is 0 Å². The Kier molecular flexibility index (Phi) is 3.99. The van der Waals surface area contributed by atoms with Crippen molar-refractivity contribution in [3.63, 3.8) is 0 Å². The van der Waals surface area contributed by atoms with E-state index in [1.165, 1.54) is 20.4 Å². The number of halogens is 1. The average molecular weight is 338 g/mol. The number of hydrogen-bond donors (Lipinski definition) is 1. The van der Waals surface area contributed by atoms with Crippen LogP contribution in [0.25, 0.3) is 0 Å². The molecule has 1 N–H and O–H groups in total. The fourth-order valence-electron chi connectivity index (χ4n) is 1.58. The SMILES string of the molecule is Cc1ccc(CNc2cc(I)ccc2C)cn1. The first-order valence-corrected chi connectivity index (χ1v) is 6.64. The Labute approximate surface area is 116 Å². The zero-order valence-electron chi connectivity index (χ0n) is 10.00. The molecule has 0 bridgehead atoms. The molecule has 0 aliphatic rings. The van der Waals surface area contributed by atoms with Gasteiger partial charge in [0.25, 0.3) is 0 Å². The minimum Gasteiger partial charge on any atom is -0.381 e. The standard InChI is InChI=1S/C14H15IN2/c1-10-3-6-13(15)7-14(10)17-9-12-5-4-11(2)16-8-12/h3-8,17H,9H2,1-2H3. The van der Waals surface area contributed by atoms with Crippen LogP contribution >= 0.6 is 22.6 Å². The summed E-state index contributed by atoms with van der Waals surface area (Å²) < 4.78 is 1.25. The van der Waals surface area contributed by atoms with Gasteiger partial charge in [-0.25, -0.2) is 0 Å². The number of anilines is 1. The van der Waals surface area contributed by atoms with Gasteiger partial charge in [-0.05, 0) is 65.8 Å². The van der Waals surface area contributed by atoms with Gasteiger partial charge in [-0.1, -0.05) is 12.1 Å². The maximum absolute atomic E-state index is 4.29. The molecular formula is C14H15IN2. The Hall–Kier alpha value is -1.10. The number of nitrogens with one attached hydrogen (secondary N) is 1. The summed E-state index contributed by atoms with van der Waals surface area (Å²) in [7, 11) is 0. The molecule has 0 aliphatic carbocycles. The zero-order chi connectivity index (χ0) is 12.3. The Morgan fingerprint density at radius 2 is 2.00 bits per heavy atom. The van der Waals surface area contributed by atoms with Crippen molar-refractivity contribution in [2.24, 2.45) is 0 Å². The van der Waals surface area contributed by atoms with Crippen LogP contribution in [-0.4, -0.2) is 4.98 Å². The lowest BCUT2D eigenvalue weighted by molar-refractivity contribution is 1.08. The fourth-order valence-corrected chi connectivity index (χ4v) is 2.08. The van der Waals surface area contributed by atoms with Crippen LogP contribution in [0, 0.1) is 17.4 Å². The first kappa shape index (κ1) is 12.4. The number of rotatable bonds is 3. The van der Waals surface area contributed by atoms with E-state index in [1.807, 2.05) is 19.2 Å². The molecule has 0 atom stereocenters. The van der Waals surface area contributed by atoms with Crippen LogP contribution in [0.3, 0.4) is 0 Å². The van der Waals surface area contributed by atoms with E-state index in [0.29, 0.717) is 0 Å². The first-order valence-electron chi connectivity index (χ1n) is 5.57. The largest absolute Gasteiger partial charge is 0.381 e. The lowest BCUT2D eigenvalue weighted by atomic mass is 10.2. The highest BCUT2D eigenvalue weighted by Gasteiger charge is 1.99. The van der Waals surface area contributed by atoms with Gasteiger partial charge in [0.15, 0.2) is 0 Å². The quantitative estimate of drug-likeness (QED) is 0.859. The van der Waals surface area contributed by atoms with E-state index < -0.39 is 0 Å². The van der Waals surface area contributed by atoms with Crippen molar-refractivity contribution in [2.45, 2.75) is 20.4 Å². The van der Waals surface area contributed by atoms with E-state index in [0.717, 1.165) is 12.2 Å². The minimum absolute atomic E-state index is 0.814. The number of nitrogens with zero attached hydrogens (tertiary/aromatic N) is 1. The highest BCUT2D eigenvalue weighted by atomic mass is 127. The summed E-state index contributed by atoms with van der Waals surface area (Å²) in [5.74, 6) is 0. The van der Waals surface area contributed by atoms with Crippen LogP contribution in [0.2, 0.25) is 0 Å². The molecule has 88 valence electrons. The Bertz CT molecular complexity index is 506. The molecule has 2 aromatic rings. The maximum Gasteiger partial charge on any atom is 0.0416 e. The van der Waals surface area contributed by atoms with Crippen LogP contribution in [0.15, 0.2) is 36.5 Å². The number of aromatic nitrogens is 1. The molecule has 0 saturated heterocycles. The monoisotopic (exact) mass is 338 g/mol. The summed E-state index contributed by atoms with van der Waals surface area (Å²) in [6.45, 7) is 4.93. The third-order valence-electron chi connectivity index (χ3n) is 2.66. The molecule has 2 rings (SSSR count). The lowest BCUT2D eigenvalue weighted by Gasteiger charge is -2.10. The molecule has 3 heteroatoms. The van der Waals surface area contributed by atoms with Gasteiger partial charge in [-0.15, -0.1) is 0 Å². The van der Waals surface area contributed by atoms with E-state index in [-0.39, 0.29) is 0 Å². The first-order chi connectivity index (χ1) is 8.15. The molecule has 0 radical (unpaired) electrons. The molecule has 1 aromatic carbocycles. The number of benzene rings is 1. The van der Waals surface area contributed by atoms with Gasteiger partial charge < -0.3 is 5.32 Å². The average Bonchev–Trinajstić information content (AvgIpc) is 2.32. The number of aryl methyl sites for hydroxylation is 2. The molecule has 1 aromatic heterocycles. The second kappa shape index (κ2) is 5.49. The van der Waals surface area contributed by atoms with E-state index in [2.05, 4.69) is 64.1 Å². The molecule has 17 heavy (non-hydrogen) atoms. The van der Waals surface area contributed by atoms with Gasteiger partial charge >= 0.3 is 0 Å². The number of pyridine rings is 1. The third kappa shape index (κ3) is 3.43. The second-order valence-electron chi connectivity index (χ2n) is 4.12. The van der Waals surface area contributed by atoms with Gasteiger partial charge in [0.2, 0.25) is 0 Å². The van der Waals surface area contributed by atoms with Gasteiger partial charge in [0.05, 0.1) is 0 Å². The summed E-state index contributed by atoms with van der Waals surface area (Å²) in [5, 5.41) is 3.44. The van der Waals surface area contributed by atoms with Crippen LogP contribution in [-0.2, 0) is 6.54 Å². The number of hydrogen-bond acceptors (Lipinski definition) is 2. The predicted octanol–water partition coefficient (Wildman–Crippen LogP) is 3.92. The van der Waals surface area contributed by atoms with E-state index in [1.54, 1.807) is 0 Å². The summed E-state index contributed by atoms with van der Waals surface area (Å²) in [6.07, 6.45) is 1.92. The van der Waals surface area contributed by atoms with Crippen molar-refractivity contribution in [2.75, 3.05) is 5.32 Å². The van der Waals surface area contributed by atoms with Crippen molar-refractivity contribution in [3.05, 3.63) is 56.9 Å². The zero-order valence-corrected chi connectivity index (χ0v) is 12.2. The Morgan fingerprint density at radius 3 is 2.71 bits per heavy atom. The van der Waals surface area contributed by atoms with Crippen molar-refractivity contribution in [1.29, 1.82) is 0 Å². The highest BCUT2D eigenvalue weighted by Crippen LogP contribution is 2.18. The third-order valence-corrected chi connectivity index (χ3v) is 3.33. The van der Waals surface area contributed by atoms with Crippen LogP contribution in [0.4, 0.5) is 5.69 Å². The minimum atomic E-state index is 0.814. The molecule has 0 fully saturated rings. The summed E-state index contributed by atoms with van der Waals surface area (Å²) in [4.78, 5) is 4.29. The molecule has 0 unspecified atom stereocenters. The summed E-state index contributed by atoms with van der Waals surface area (Å²) in [6, 6.07) is 10.6. The van der Waals surface area contributed by atoms with Crippen LogP contribution < -0.4 is 5.32 Å². The summed E-state index contributed by atoms with van der Waals surface area (Å²) in [5.41, 5.74) is 4.72. The maximum atomic E-state index is 4.29. The molecule has 0 amide bonds. The normalized spacial score (nSPS) is 10.3. The predicted molar refractivity (Wildman–Crippen MR) is 80.2 cm³/mol.